The third-order valence-electron chi connectivity index (χ3n) is 4.39. The lowest BCUT2D eigenvalue weighted by atomic mass is 10.2. The van der Waals surface area contributed by atoms with Crippen LogP contribution in [0.2, 0.25) is 5.02 Å². The van der Waals surface area contributed by atoms with Gasteiger partial charge in [-0.15, -0.1) is 10.2 Å². The molecule has 3 rings (SSSR count). The highest BCUT2D eigenvalue weighted by molar-refractivity contribution is 6.30. The summed E-state index contributed by atoms with van der Waals surface area (Å²) in [5.74, 6) is 0.408. The van der Waals surface area contributed by atoms with Gasteiger partial charge in [-0.1, -0.05) is 23.7 Å². The third kappa shape index (κ3) is 4.86. The number of benzene rings is 2. The molecule has 0 unspecified atom stereocenters. The van der Waals surface area contributed by atoms with E-state index in [0.717, 1.165) is 16.8 Å². The molecule has 2 aromatic carbocycles. The molecule has 0 saturated carbocycles. The second-order valence-electron chi connectivity index (χ2n) is 6.62. The van der Waals surface area contributed by atoms with Crippen LogP contribution < -0.4 is 4.90 Å². The molecule has 0 atom stereocenters. The van der Waals surface area contributed by atoms with Crippen molar-refractivity contribution in [2.24, 2.45) is 0 Å². The lowest BCUT2D eigenvalue weighted by Gasteiger charge is -2.21. The summed E-state index contributed by atoms with van der Waals surface area (Å²) in [6, 6.07) is 15.3. The van der Waals surface area contributed by atoms with Crippen LogP contribution >= 0.6 is 11.6 Å². The van der Waals surface area contributed by atoms with Gasteiger partial charge in [0.05, 0.1) is 0 Å². The van der Waals surface area contributed by atoms with Crippen molar-refractivity contribution in [2.75, 3.05) is 25.5 Å². The van der Waals surface area contributed by atoms with Gasteiger partial charge in [-0.2, -0.15) is 4.80 Å². The summed E-state index contributed by atoms with van der Waals surface area (Å²) in [6.07, 6.45) is 0. The van der Waals surface area contributed by atoms with Crippen molar-refractivity contribution in [3.8, 4) is 11.4 Å². The zero-order valence-corrected chi connectivity index (χ0v) is 17.0. The number of anilines is 1. The van der Waals surface area contributed by atoms with Gasteiger partial charge in [0.15, 0.2) is 0 Å². The average Bonchev–Trinajstić information content (AvgIpc) is 3.15. The molecule has 0 aliphatic rings. The third-order valence-corrected chi connectivity index (χ3v) is 4.64. The molecule has 28 heavy (non-hydrogen) atoms. The van der Waals surface area contributed by atoms with Crippen LogP contribution in [0.25, 0.3) is 11.4 Å². The molecule has 3 aromatic rings. The Kier molecular flexibility index (Phi) is 6.26. The minimum Gasteiger partial charge on any atom is -0.378 e. The number of nitrogens with zero attached hydrogens (tertiary/aromatic N) is 6. The van der Waals surface area contributed by atoms with Crippen molar-refractivity contribution in [1.29, 1.82) is 0 Å². The summed E-state index contributed by atoms with van der Waals surface area (Å²) in [7, 11) is 4.00. The summed E-state index contributed by atoms with van der Waals surface area (Å²) >= 11 is 5.90. The van der Waals surface area contributed by atoms with Gasteiger partial charge in [-0.3, -0.25) is 4.79 Å². The molecule has 1 amide bonds. The molecule has 8 heteroatoms. The van der Waals surface area contributed by atoms with E-state index in [4.69, 9.17) is 11.6 Å². The van der Waals surface area contributed by atoms with E-state index in [0.29, 0.717) is 23.9 Å². The first kappa shape index (κ1) is 19.8. The van der Waals surface area contributed by atoms with Crippen molar-refractivity contribution < 1.29 is 4.79 Å². The molecule has 0 aliphatic carbocycles. The second kappa shape index (κ2) is 8.84. The number of rotatable bonds is 7. The van der Waals surface area contributed by atoms with Gasteiger partial charge < -0.3 is 9.80 Å². The molecule has 0 bridgehead atoms. The van der Waals surface area contributed by atoms with Crippen molar-refractivity contribution in [2.45, 2.75) is 20.0 Å². The van der Waals surface area contributed by atoms with E-state index in [9.17, 15) is 4.79 Å². The zero-order chi connectivity index (χ0) is 20.1. The molecular weight excluding hydrogens is 376 g/mol. The first-order valence-corrected chi connectivity index (χ1v) is 9.42. The maximum absolute atomic E-state index is 12.7. The molecule has 0 N–H and O–H groups in total. The fraction of sp³-hybridized carbons (Fsp3) is 0.300. The highest BCUT2D eigenvalue weighted by Gasteiger charge is 2.15. The van der Waals surface area contributed by atoms with E-state index in [1.165, 1.54) is 4.80 Å². The van der Waals surface area contributed by atoms with Gasteiger partial charge in [-0.25, -0.2) is 0 Å². The number of halogens is 1. The molecule has 7 nitrogen and oxygen atoms in total. The lowest BCUT2D eigenvalue weighted by molar-refractivity contribution is -0.132. The quantitative estimate of drug-likeness (QED) is 0.611. The SMILES string of the molecule is CCN(Cc1ccc(N(C)C)cc1)C(=O)Cn1nnc(-c2ccc(Cl)cc2)n1. The summed E-state index contributed by atoms with van der Waals surface area (Å²) in [4.78, 5) is 17.8. The van der Waals surface area contributed by atoms with Crippen LogP contribution in [-0.4, -0.2) is 51.7 Å². The maximum atomic E-state index is 12.7. The molecule has 146 valence electrons. The Morgan fingerprint density at radius 1 is 1.07 bits per heavy atom. The fourth-order valence-electron chi connectivity index (χ4n) is 2.74. The second-order valence-corrected chi connectivity index (χ2v) is 7.06. The van der Waals surface area contributed by atoms with Crippen molar-refractivity contribution in [3.63, 3.8) is 0 Å². The fourth-order valence-corrected chi connectivity index (χ4v) is 2.87. The molecule has 1 aromatic heterocycles. The summed E-state index contributed by atoms with van der Waals surface area (Å²) in [6.45, 7) is 3.15. The van der Waals surface area contributed by atoms with Crippen LogP contribution in [0.3, 0.4) is 0 Å². The first-order chi connectivity index (χ1) is 13.5. The number of aromatic nitrogens is 4. The largest absolute Gasteiger partial charge is 0.378 e. The summed E-state index contributed by atoms with van der Waals surface area (Å²) < 4.78 is 0. The standard InChI is InChI=1S/C20H23ClN6O/c1-4-26(13-15-5-11-18(12-6-15)25(2)3)19(28)14-27-23-20(22-24-27)16-7-9-17(21)10-8-16/h5-12H,4,13-14H2,1-3H3. The monoisotopic (exact) mass is 398 g/mol. The number of likely N-dealkylation sites (N-methyl/N-ethyl adjacent to an activating group) is 1. The molecule has 0 fully saturated rings. The van der Waals surface area contributed by atoms with Crippen LogP contribution in [0.5, 0.6) is 0 Å². The molecule has 1 heterocycles. The highest BCUT2D eigenvalue weighted by atomic mass is 35.5. The Hall–Kier alpha value is -2.93. The van der Waals surface area contributed by atoms with Crippen LogP contribution in [-0.2, 0) is 17.9 Å². The zero-order valence-electron chi connectivity index (χ0n) is 16.2. The van der Waals surface area contributed by atoms with Gasteiger partial charge in [0.25, 0.3) is 0 Å². The predicted octanol–water partition coefficient (Wildman–Crippen LogP) is 3.11. The number of hydrogen-bond donors (Lipinski definition) is 0. The Bertz CT molecular complexity index is 921. The first-order valence-electron chi connectivity index (χ1n) is 9.04. The maximum Gasteiger partial charge on any atom is 0.246 e. The van der Waals surface area contributed by atoms with Crippen LogP contribution in [0.4, 0.5) is 5.69 Å². The van der Waals surface area contributed by atoms with Crippen LogP contribution in [0.1, 0.15) is 12.5 Å². The van der Waals surface area contributed by atoms with E-state index >= 15 is 0 Å². The topological polar surface area (TPSA) is 67.2 Å². The van der Waals surface area contributed by atoms with Gasteiger partial charge in [0.2, 0.25) is 11.7 Å². The van der Waals surface area contributed by atoms with E-state index in [1.807, 2.05) is 62.3 Å². The number of carbonyl (C=O) groups is 1. The minimum atomic E-state index is -0.0563. The Labute approximate surface area is 169 Å². The predicted molar refractivity (Wildman–Crippen MR) is 110 cm³/mol. The van der Waals surface area contributed by atoms with E-state index < -0.39 is 0 Å². The van der Waals surface area contributed by atoms with E-state index in [1.54, 1.807) is 17.0 Å². The average molecular weight is 399 g/mol. The van der Waals surface area contributed by atoms with Crippen molar-refractivity contribution in [3.05, 3.63) is 59.1 Å². The number of hydrogen-bond acceptors (Lipinski definition) is 5. The highest BCUT2D eigenvalue weighted by Crippen LogP contribution is 2.17. The van der Waals surface area contributed by atoms with Crippen molar-refractivity contribution >= 4 is 23.2 Å². The van der Waals surface area contributed by atoms with Crippen molar-refractivity contribution in [1.82, 2.24) is 25.1 Å². The van der Waals surface area contributed by atoms with Gasteiger partial charge in [-0.05, 0) is 54.1 Å². The molecule has 0 radical (unpaired) electrons. The molecule has 0 saturated heterocycles. The van der Waals surface area contributed by atoms with Gasteiger partial charge >= 0.3 is 0 Å². The van der Waals surface area contributed by atoms with E-state index in [2.05, 4.69) is 15.4 Å². The molecule has 0 spiro atoms. The number of carbonyl (C=O) groups excluding carboxylic acids is 1. The molecule has 0 aliphatic heterocycles. The Balaban J connectivity index is 1.64. The normalized spacial score (nSPS) is 10.7. The minimum absolute atomic E-state index is 0.0458. The van der Waals surface area contributed by atoms with Gasteiger partial charge in [0, 0.05) is 43.5 Å². The van der Waals surface area contributed by atoms with Crippen LogP contribution in [0.15, 0.2) is 48.5 Å². The number of amides is 1. The van der Waals surface area contributed by atoms with Gasteiger partial charge in [0.1, 0.15) is 6.54 Å². The Morgan fingerprint density at radius 3 is 2.36 bits per heavy atom. The summed E-state index contributed by atoms with van der Waals surface area (Å²) in [5.41, 5.74) is 3.00. The summed E-state index contributed by atoms with van der Waals surface area (Å²) in [5, 5.41) is 13.0. The lowest BCUT2D eigenvalue weighted by Crippen LogP contribution is -2.33. The smallest absolute Gasteiger partial charge is 0.246 e. The van der Waals surface area contributed by atoms with E-state index in [-0.39, 0.29) is 12.5 Å². The van der Waals surface area contributed by atoms with Crippen LogP contribution in [0, 0.1) is 0 Å². The Morgan fingerprint density at radius 2 is 1.75 bits per heavy atom. The number of tetrazole rings is 1. The molecular formula is C20H23ClN6O.